The highest BCUT2D eigenvalue weighted by Gasteiger charge is 2.29. The smallest absolute Gasteiger partial charge is 0.328 e. The fraction of sp³-hybridized carbons (Fsp3) is 0.400. The van der Waals surface area contributed by atoms with E-state index in [1.807, 2.05) is 0 Å². The molecule has 7 nitrogen and oxygen atoms in total. The molecule has 0 saturated carbocycles. The highest BCUT2D eigenvalue weighted by atomic mass is 79.9. The summed E-state index contributed by atoms with van der Waals surface area (Å²) in [5.74, 6) is -0.423. The van der Waals surface area contributed by atoms with E-state index in [0.717, 1.165) is 0 Å². The van der Waals surface area contributed by atoms with Crippen molar-refractivity contribution in [3.63, 3.8) is 0 Å². The molecule has 8 heteroatoms. The first-order chi connectivity index (χ1) is 8.50. The lowest BCUT2D eigenvalue weighted by atomic mass is 10.1. The Kier molecular flexibility index (Phi) is 3.46. The van der Waals surface area contributed by atoms with E-state index in [0.29, 0.717) is 16.3 Å². The molecule has 2 rings (SSSR count). The van der Waals surface area contributed by atoms with Crippen LogP contribution in [0.5, 0.6) is 0 Å². The molecule has 1 N–H and O–H groups in total. The van der Waals surface area contributed by atoms with Gasteiger partial charge in [0.2, 0.25) is 5.82 Å². The zero-order chi connectivity index (χ0) is 13.3. The molecule has 0 amide bonds. The Bertz CT molecular complexity index is 563. The van der Waals surface area contributed by atoms with Gasteiger partial charge in [0.1, 0.15) is 0 Å². The predicted octanol–water partition coefficient (Wildman–Crippen LogP) is 1.98. The van der Waals surface area contributed by atoms with E-state index in [1.165, 1.54) is 4.68 Å². The second-order valence-corrected chi connectivity index (χ2v) is 4.86. The number of tetrazole rings is 1. The van der Waals surface area contributed by atoms with Crippen molar-refractivity contribution in [2.24, 2.45) is 5.92 Å². The second-order valence-electron chi connectivity index (χ2n) is 4.08. The van der Waals surface area contributed by atoms with Crippen LogP contribution in [0.1, 0.15) is 19.9 Å². The molecule has 96 valence electrons. The molecule has 1 unspecified atom stereocenters. The largest absolute Gasteiger partial charge is 0.480 e. The summed E-state index contributed by atoms with van der Waals surface area (Å²) in [6.45, 7) is 3.59. The van der Waals surface area contributed by atoms with Crippen molar-refractivity contribution in [3.05, 3.63) is 16.8 Å². The van der Waals surface area contributed by atoms with Gasteiger partial charge in [0.25, 0.3) is 0 Å². The van der Waals surface area contributed by atoms with Crippen LogP contribution in [0.3, 0.4) is 0 Å². The molecule has 0 saturated heterocycles. The molecular weight excluding hydrogens is 304 g/mol. The van der Waals surface area contributed by atoms with Crippen LogP contribution in [0.15, 0.2) is 21.2 Å². The van der Waals surface area contributed by atoms with Gasteiger partial charge in [0.05, 0.1) is 0 Å². The SMILES string of the molecule is CC(C)C(C(=O)O)n1nnnc1-c1ccc(Br)o1. The normalized spacial score (nSPS) is 12.9. The highest BCUT2D eigenvalue weighted by Crippen LogP contribution is 2.26. The maximum absolute atomic E-state index is 11.3. The summed E-state index contributed by atoms with van der Waals surface area (Å²) < 4.78 is 7.13. The third-order valence-corrected chi connectivity index (χ3v) is 2.86. The lowest BCUT2D eigenvalue weighted by molar-refractivity contribution is -0.142. The predicted molar refractivity (Wildman–Crippen MR) is 64.7 cm³/mol. The lowest BCUT2D eigenvalue weighted by Crippen LogP contribution is -2.26. The minimum atomic E-state index is -0.982. The Morgan fingerprint density at radius 3 is 2.72 bits per heavy atom. The summed E-state index contributed by atoms with van der Waals surface area (Å²) in [5, 5.41) is 20.3. The quantitative estimate of drug-likeness (QED) is 0.927. The third kappa shape index (κ3) is 2.28. The highest BCUT2D eigenvalue weighted by molar-refractivity contribution is 9.10. The van der Waals surface area contributed by atoms with Gasteiger partial charge in [0.15, 0.2) is 16.5 Å². The van der Waals surface area contributed by atoms with Crippen molar-refractivity contribution in [1.29, 1.82) is 0 Å². The molecule has 0 spiro atoms. The average Bonchev–Trinajstić information content (AvgIpc) is 2.85. The Balaban J connectivity index is 2.47. The minimum Gasteiger partial charge on any atom is -0.480 e. The summed E-state index contributed by atoms with van der Waals surface area (Å²) in [6.07, 6.45) is 0. The summed E-state index contributed by atoms with van der Waals surface area (Å²) in [4.78, 5) is 11.3. The Morgan fingerprint density at radius 2 is 2.22 bits per heavy atom. The van der Waals surface area contributed by atoms with Crippen molar-refractivity contribution >= 4 is 21.9 Å². The number of carboxylic acid groups (broad SMARTS) is 1. The molecule has 0 aliphatic carbocycles. The molecule has 2 heterocycles. The standard InChI is InChI=1S/C10H11BrN4O3/c1-5(2)8(10(16)17)15-9(12-13-14-15)6-3-4-7(11)18-6/h3-5,8H,1-2H3,(H,16,17). The number of carboxylic acids is 1. The van der Waals surface area contributed by atoms with Crippen LogP contribution in [-0.4, -0.2) is 31.3 Å². The first-order valence-corrected chi connectivity index (χ1v) is 6.06. The van der Waals surface area contributed by atoms with Gasteiger partial charge in [0, 0.05) is 0 Å². The number of carbonyl (C=O) groups is 1. The number of hydrogen-bond acceptors (Lipinski definition) is 5. The Morgan fingerprint density at radius 1 is 1.50 bits per heavy atom. The van der Waals surface area contributed by atoms with Crippen LogP contribution in [0.25, 0.3) is 11.6 Å². The van der Waals surface area contributed by atoms with Crippen LogP contribution < -0.4 is 0 Å². The van der Waals surface area contributed by atoms with Gasteiger partial charge in [-0.2, -0.15) is 0 Å². The first-order valence-electron chi connectivity index (χ1n) is 5.27. The van der Waals surface area contributed by atoms with Crippen LogP contribution >= 0.6 is 15.9 Å². The number of furan rings is 1. The Hall–Kier alpha value is -1.70. The number of aromatic nitrogens is 4. The molecule has 1 atom stereocenters. The first kappa shape index (κ1) is 12.7. The fourth-order valence-electron chi connectivity index (χ4n) is 1.65. The minimum absolute atomic E-state index is 0.150. The van der Waals surface area contributed by atoms with E-state index in [2.05, 4.69) is 31.5 Å². The van der Waals surface area contributed by atoms with Crippen molar-refractivity contribution < 1.29 is 14.3 Å². The fourth-order valence-corrected chi connectivity index (χ4v) is 1.96. The topological polar surface area (TPSA) is 94.0 Å². The third-order valence-electron chi connectivity index (χ3n) is 2.43. The number of rotatable bonds is 4. The van der Waals surface area contributed by atoms with E-state index < -0.39 is 12.0 Å². The van der Waals surface area contributed by atoms with Crippen LogP contribution in [-0.2, 0) is 4.79 Å². The molecule has 18 heavy (non-hydrogen) atoms. The van der Waals surface area contributed by atoms with Gasteiger partial charge in [-0.15, -0.1) is 5.10 Å². The molecule has 2 aromatic heterocycles. The molecule has 0 aliphatic heterocycles. The monoisotopic (exact) mass is 314 g/mol. The molecular formula is C10H11BrN4O3. The van der Waals surface area contributed by atoms with Crippen LogP contribution in [0.4, 0.5) is 0 Å². The zero-order valence-corrected chi connectivity index (χ0v) is 11.3. The summed E-state index contributed by atoms with van der Waals surface area (Å²) in [7, 11) is 0. The van der Waals surface area contributed by atoms with Gasteiger partial charge in [-0.25, -0.2) is 9.48 Å². The van der Waals surface area contributed by atoms with Gasteiger partial charge in [-0.1, -0.05) is 13.8 Å². The summed E-state index contributed by atoms with van der Waals surface area (Å²) in [5.41, 5.74) is 0. The molecule has 0 radical (unpaired) electrons. The van der Waals surface area contributed by atoms with E-state index in [-0.39, 0.29) is 5.92 Å². The summed E-state index contributed by atoms with van der Waals surface area (Å²) >= 11 is 3.18. The average molecular weight is 315 g/mol. The maximum Gasteiger partial charge on any atom is 0.328 e. The molecule has 0 fully saturated rings. The van der Waals surface area contributed by atoms with Crippen molar-refractivity contribution in [3.8, 4) is 11.6 Å². The number of hydrogen-bond donors (Lipinski definition) is 1. The summed E-state index contributed by atoms with van der Waals surface area (Å²) in [6, 6.07) is 2.53. The number of nitrogens with zero attached hydrogens (tertiary/aromatic N) is 4. The number of halogens is 1. The van der Waals surface area contributed by atoms with Gasteiger partial charge < -0.3 is 9.52 Å². The van der Waals surface area contributed by atoms with Crippen molar-refractivity contribution in [2.75, 3.05) is 0 Å². The van der Waals surface area contributed by atoms with Crippen LogP contribution in [0.2, 0.25) is 0 Å². The van der Waals surface area contributed by atoms with E-state index >= 15 is 0 Å². The zero-order valence-electron chi connectivity index (χ0n) is 9.74. The number of aliphatic carboxylic acids is 1. The lowest BCUT2D eigenvalue weighted by Gasteiger charge is -2.16. The molecule has 2 aromatic rings. The molecule has 0 aromatic carbocycles. The van der Waals surface area contributed by atoms with E-state index in [4.69, 9.17) is 4.42 Å². The van der Waals surface area contributed by atoms with Crippen molar-refractivity contribution in [1.82, 2.24) is 20.2 Å². The van der Waals surface area contributed by atoms with Gasteiger partial charge in [-0.05, 0) is 44.4 Å². The Labute approximate surface area is 111 Å². The molecule has 0 bridgehead atoms. The van der Waals surface area contributed by atoms with Crippen LogP contribution in [0, 0.1) is 5.92 Å². The van der Waals surface area contributed by atoms with Crippen molar-refractivity contribution in [2.45, 2.75) is 19.9 Å². The maximum atomic E-state index is 11.3. The van der Waals surface area contributed by atoms with Gasteiger partial charge >= 0.3 is 5.97 Å². The van der Waals surface area contributed by atoms with E-state index in [9.17, 15) is 9.90 Å². The van der Waals surface area contributed by atoms with E-state index in [1.54, 1.807) is 26.0 Å². The molecule has 0 aliphatic rings. The second kappa shape index (κ2) is 4.89. The van der Waals surface area contributed by atoms with Gasteiger partial charge in [-0.3, -0.25) is 0 Å².